The molecular weight excluding hydrogens is 508 g/mol. The molecule has 0 unspecified atom stereocenters. The third-order valence-electron chi connectivity index (χ3n) is 4.32. The number of carbonyl (C=O) groups is 1. The zero-order valence-electron chi connectivity index (χ0n) is 18.8. The number of halogens is 5. The van der Waals surface area contributed by atoms with Crippen LogP contribution in [-0.2, 0) is 24.4 Å². The second-order valence-corrected chi connectivity index (χ2v) is 8.91. The van der Waals surface area contributed by atoms with Crippen LogP contribution in [0.3, 0.4) is 0 Å². The molecule has 3 N–H and O–H groups in total. The zero-order chi connectivity index (χ0) is 25.7. The summed E-state index contributed by atoms with van der Waals surface area (Å²) in [4.78, 5) is 12.6. The van der Waals surface area contributed by atoms with Crippen LogP contribution in [-0.4, -0.2) is 28.7 Å². The SMILES string of the molecule is C/C=C\S/C(=C\C)CN(Cc1cccc(CN)c1)Cc1ccc(Cl)c(Cl)c1.O=C(O)C(F)(F)F. The summed E-state index contributed by atoms with van der Waals surface area (Å²) in [7, 11) is 0. The Morgan fingerprint density at radius 1 is 1.06 bits per heavy atom. The van der Waals surface area contributed by atoms with E-state index in [0.29, 0.717) is 16.6 Å². The van der Waals surface area contributed by atoms with Crippen LogP contribution in [0.4, 0.5) is 13.2 Å². The van der Waals surface area contributed by atoms with E-state index in [9.17, 15) is 13.2 Å². The Kier molecular flexibility index (Phi) is 13.4. The summed E-state index contributed by atoms with van der Waals surface area (Å²) >= 11 is 14.0. The normalized spacial score (nSPS) is 12.1. The summed E-state index contributed by atoms with van der Waals surface area (Å²) in [6, 6.07) is 14.3. The minimum Gasteiger partial charge on any atom is -0.475 e. The number of thioether (sulfide) groups is 1. The molecule has 0 aliphatic carbocycles. The largest absolute Gasteiger partial charge is 0.490 e. The number of carboxylic acids is 1. The van der Waals surface area contributed by atoms with Crippen molar-refractivity contribution in [1.29, 1.82) is 0 Å². The van der Waals surface area contributed by atoms with Crippen LogP contribution in [0, 0.1) is 0 Å². The number of nitrogens with zero attached hydrogens (tertiary/aromatic N) is 1. The summed E-state index contributed by atoms with van der Waals surface area (Å²) in [6.45, 7) is 7.15. The number of nitrogens with two attached hydrogens (primary N) is 1. The molecule has 2 aromatic carbocycles. The van der Waals surface area contributed by atoms with Gasteiger partial charge in [-0.3, -0.25) is 4.90 Å². The first-order valence-corrected chi connectivity index (χ1v) is 11.8. The van der Waals surface area contributed by atoms with Gasteiger partial charge in [-0.2, -0.15) is 13.2 Å². The van der Waals surface area contributed by atoms with Crippen LogP contribution in [0.2, 0.25) is 10.0 Å². The molecule has 10 heteroatoms. The van der Waals surface area contributed by atoms with Crippen molar-refractivity contribution in [3.8, 4) is 0 Å². The predicted molar refractivity (Wildman–Crippen MR) is 135 cm³/mol. The molecule has 0 spiro atoms. The van der Waals surface area contributed by atoms with Crippen molar-refractivity contribution >= 4 is 40.9 Å². The minimum atomic E-state index is -5.08. The maximum absolute atomic E-state index is 10.6. The Morgan fingerprint density at radius 3 is 2.15 bits per heavy atom. The highest BCUT2D eigenvalue weighted by Gasteiger charge is 2.38. The van der Waals surface area contributed by atoms with Crippen molar-refractivity contribution in [2.75, 3.05) is 6.54 Å². The van der Waals surface area contributed by atoms with Gasteiger partial charge in [0, 0.05) is 26.2 Å². The first kappa shape index (κ1) is 30.1. The Bertz CT molecular complexity index is 998. The van der Waals surface area contributed by atoms with Crippen LogP contribution in [0.25, 0.3) is 0 Å². The molecule has 34 heavy (non-hydrogen) atoms. The van der Waals surface area contributed by atoms with E-state index in [4.69, 9.17) is 38.8 Å². The van der Waals surface area contributed by atoms with Crippen molar-refractivity contribution < 1.29 is 23.1 Å². The van der Waals surface area contributed by atoms with Gasteiger partial charge in [0.05, 0.1) is 10.0 Å². The van der Waals surface area contributed by atoms with Crippen molar-refractivity contribution in [1.82, 2.24) is 4.90 Å². The van der Waals surface area contributed by atoms with Crippen LogP contribution < -0.4 is 5.73 Å². The second-order valence-electron chi connectivity index (χ2n) is 7.06. The van der Waals surface area contributed by atoms with Crippen LogP contribution >= 0.6 is 35.0 Å². The lowest BCUT2D eigenvalue weighted by Gasteiger charge is -2.24. The lowest BCUT2D eigenvalue weighted by atomic mass is 10.1. The highest BCUT2D eigenvalue weighted by Crippen LogP contribution is 2.25. The Hall–Kier alpha value is -1.97. The van der Waals surface area contributed by atoms with Crippen molar-refractivity contribution in [3.63, 3.8) is 0 Å². The van der Waals surface area contributed by atoms with Crippen molar-refractivity contribution in [2.24, 2.45) is 5.73 Å². The molecule has 0 aliphatic rings. The van der Waals surface area contributed by atoms with Gasteiger partial charge in [0.15, 0.2) is 0 Å². The Balaban J connectivity index is 0.000000718. The molecule has 4 nitrogen and oxygen atoms in total. The minimum absolute atomic E-state index is 0.553. The average molecular weight is 535 g/mol. The van der Waals surface area contributed by atoms with Crippen LogP contribution in [0.15, 0.2) is 64.9 Å². The van der Waals surface area contributed by atoms with E-state index in [-0.39, 0.29) is 0 Å². The predicted octanol–water partition coefficient (Wildman–Crippen LogP) is 7.26. The first-order valence-electron chi connectivity index (χ1n) is 10.2. The molecule has 186 valence electrons. The number of benzene rings is 2. The summed E-state index contributed by atoms with van der Waals surface area (Å²) in [6.07, 6.45) is -0.856. The molecule has 0 saturated heterocycles. The molecule has 0 bridgehead atoms. The Labute approximate surface area is 212 Å². The van der Waals surface area contributed by atoms with Crippen molar-refractivity contribution in [3.05, 3.63) is 91.7 Å². The molecule has 0 heterocycles. The fraction of sp³-hybridized carbons (Fsp3) is 0.292. The van der Waals surface area contributed by atoms with Gasteiger partial charge in [0.1, 0.15) is 0 Å². The van der Waals surface area contributed by atoms with Gasteiger partial charge < -0.3 is 10.8 Å². The molecule has 0 radical (unpaired) electrons. The highest BCUT2D eigenvalue weighted by atomic mass is 35.5. The molecular formula is C24H27Cl2F3N2O2S. The molecule has 0 amide bonds. The summed E-state index contributed by atoms with van der Waals surface area (Å²) in [5, 5.41) is 10.4. The maximum Gasteiger partial charge on any atom is 0.490 e. The van der Waals surface area contributed by atoms with Gasteiger partial charge in [-0.25, -0.2) is 4.79 Å². The number of carboxylic acid groups (broad SMARTS) is 1. The first-order chi connectivity index (χ1) is 16.0. The van der Waals surface area contributed by atoms with Crippen LogP contribution in [0.1, 0.15) is 30.5 Å². The zero-order valence-corrected chi connectivity index (χ0v) is 21.1. The van der Waals surface area contributed by atoms with E-state index in [2.05, 4.69) is 53.6 Å². The van der Waals surface area contributed by atoms with Crippen LogP contribution in [0.5, 0.6) is 0 Å². The van der Waals surface area contributed by atoms with Crippen molar-refractivity contribution in [2.45, 2.75) is 39.7 Å². The highest BCUT2D eigenvalue weighted by molar-refractivity contribution is 8.05. The fourth-order valence-corrected chi connectivity index (χ4v) is 3.77. The summed E-state index contributed by atoms with van der Waals surface area (Å²) < 4.78 is 31.7. The topological polar surface area (TPSA) is 66.6 Å². The van der Waals surface area contributed by atoms with Gasteiger partial charge in [0.2, 0.25) is 0 Å². The second kappa shape index (κ2) is 15.1. The lowest BCUT2D eigenvalue weighted by Crippen LogP contribution is -2.24. The van der Waals surface area contributed by atoms with E-state index >= 15 is 0 Å². The quantitative estimate of drug-likeness (QED) is 0.354. The number of alkyl halides is 3. The number of rotatable bonds is 9. The van der Waals surface area contributed by atoms with E-state index < -0.39 is 12.1 Å². The van der Waals surface area contributed by atoms with Gasteiger partial charge >= 0.3 is 12.1 Å². The number of allylic oxidation sites excluding steroid dienone is 2. The lowest BCUT2D eigenvalue weighted by molar-refractivity contribution is -0.192. The number of hydrogen-bond donors (Lipinski definition) is 2. The van der Waals surface area contributed by atoms with Gasteiger partial charge in [-0.15, -0.1) is 11.8 Å². The van der Waals surface area contributed by atoms with Gasteiger partial charge in [-0.1, -0.05) is 65.7 Å². The van der Waals surface area contributed by atoms with Gasteiger partial charge in [-0.05, 0) is 53.0 Å². The molecule has 0 atom stereocenters. The third kappa shape index (κ3) is 11.4. The van der Waals surface area contributed by atoms with E-state index in [1.165, 1.54) is 10.5 Å². The molecule has 0 aromatic heterocycles. The summed E-state index contributed by atoms with van der Waals surface area (Å²) in [5.74, 6) is -2.76. The Morgan fingerprint density at radius 2 is 1.65 bits per heavy atom. The molecule has 2 aromatic rings. The smallest absolute Gasteiger partial charge is 0.475 e. The number of hydrogen-bond acceptors (Lipinski definition) is 4. The fourth-order valence-electron chi connectivity index (χ4n) is 2.75. The van der Waals surface area contributed by atoms with Gasteiger partial charge in [0.25, 0.3) is 0 Å². The molecule has 0 fully saturated rings. The summed E-state index contributed by atoms with van der Waals surface area (Å²) in [5.41, 5.74) is 9.35. The molecule has 2 rings (SSSR count). The standard InChI is InChI=1S/C22H26Cl2N2S.C2HF3O2/c1-3-10-27-20(4-2)16-26(14-18-7-5-6-17(11-18)13-25)15-19-8-9-21(23)22(24)12-19;3-2(4,5)1(6)7/h3-12H,13-16,25H2,1-2H3;(H,6,7)/b10-3-,20-4-;. The average Bonchev–Trinajstić information content (AvgIpc) is 2.78. The monoisotopic (exact) mass is 534 g/mol. The maximum atomic E-state index is 10.6. The number of aliphatic carboxylic acids is 1. The van der Waals surface area contributed by atoms with E-state index in [1.54, 1.807) is 11.8 Å². The van der Waals surface area contributed by atoms with E-state index in [0.717, 1.165) is 30.8 Å². The third-order valence-corrected chi connectivity index (χ3v) is 6.14. The van der Waals surface area contributed by atoms with E-state index in [1.807, 2.05) is 25.1 Å². The molecule has 0 aliphatic heterocycles. The molecule has 0 saturated carbocycles.